The van der Waals surface area contributed by atoms with Gasteiger partial charge in [0.2, 0.25) is 0 Å². The normalized spacial score (nSPS) is 12.5. The van der Waals surface area contributed by atoms with Crippen molar-refractivity contribution < 1.29 is 19.4 Å². The van der Waals surface area contributed by atoms with Gasteiger partial charge in [0.1, 0.15) is 0 Å². The number of carbonyl (C=O) groups is 2. The third kappa shape index (κ3) is 5.35. The van der Waals surface area contributed by atoms with Crippen molar-refractivity contribution in [3.63, 3.8) is 0 Å². The van der Waals surface area contributed by atoms with E-state index in [2.05, 4.69) is 9.78 Å². The molecule has 0 rings (SSSR count). The summed E-state index contributed by atoms with van der Waals surface area (Å²) in [5, 5.41) is 0. The third-order valence-corrected chi connectivity index (χ3v) is 1.52. The summed E-state index contributed by atoms with van der Waals surface area (Å²) >= 11 is 0. The quantitative estimate of drug-likeness (QED) is 0.395. The molecule has 0 aromatic carbocycles. The molecular weight excluding hydrogens is 184 g/mol. The van der Waals surface area contributed by atoms with Crippen LogP contribution in [0.5, 0.6) is 0 Å². The van der Waals surface area contributed by atoms with E-state index in [0.29, 0.717) is 6.42 Å². The first kappa shape index (κ1) is 12.7. The van der Waals surface area contributed by atoms with E-state index in [1.807, 2.05) is 6.92 Å². The minimum Gasteiger partial charge on any atom is -0.247 e. The second kappa shape index (κ2) is 7.12. The lowest BCUT2D eigenvalue weighted by atomic mass is 10.2. The van der Waals surface area contributed by atoms with Crippen LogP contribution in [0, 0.1) is 5.92 Å². The van der Waals surface area contributed by atoms with Gasteiger partial charge < -0.3 is 0 Å². The summed E-state index contributed by atoms with van der Waals surface area (Å²) in [7, 11) is 0. The van der Waals surface area contributed by atoms with Gasteiger partial charge in [0.25, 0.3) is 0 Å². The lowest BCUT2D eigenvalue weighted by Gasteiger charge is -2.04. The Hall–Kier alpha value is -1.32. The van der Waals surface area contributed by atoms with Crippen LogP contribution in [0.25, 0.3) is 0 Å². The summed E-state index contributed by atoms with van der Waals surface area (Å²) in [5.41, 5.74) is 0. The van der Waals surface area contributed by atoms with E-state index < -0.39 is 17.9 Å². The summed E-state index contributed by atoms with van der Waals surface area (Å²) in [6, 6.07) is 0. The molecule has 14 heavy (non-hydrogen) atoms. The van der Waals surface area contributed by atoms with Crippen LogP contribution in [-0.2, 0) is 19.4 Å². The first-order chi connectivity index (χ1) is 6.61. The molecular formula is C10H16O4. The average Bonchev–Trinajstić information content (AvgIpc) is 2.15. The highest BCUT2D eigenvalue weighted by molar-refractivity contribution is 5.75. The van der Waals surface area contributed by atoms with Gasteiger partial charge in [-0.1, -0.05) is 19.1 Å². The van der Waals surface area contributed by atoms with Crippen LogP contribution in [0.3, 0.4) is 0 Å². The molecule has 1 atom stereocenters. The molecule has 0 saturated heterocycles. The third-order valence-electron chi connectivity index (χ3n) is 1.52. The van der Waals surface area contributed by atoms with E-state index in [4.69, 9.17) is 0 Å². The van der Waals surface area contributed by atoms with Crippen LogP contribution in [-0.4, -0.2) is 11.9 Å². The maximum atomic E-state index is 11.1. The van der Waals surface area contributed by atoms with Crippen molar-refractivity contribution in [1.82, 2.24) is 0 Å². The van der Waals surface area contributed by atoms with Crippen LogP contribution in [0.1, 0.15) is 33.6 Å². The molecule has 0 saturated carbocycles. The highest BCUT2D eigenvalue weighted by Gasteiger charge is 2.14. The molecule has 0 amide bonds. The molecule has 4 nitrogen and oxygen atoms in total. The van der Waals surface area contributed by atoms with Gasteiger partial charge in [-0.15, -0.1) is 0 Å². The summed E-state index contributed by atoms with van der Waals surface area (Å²) in [6.45, 7) is 5.30. The lowest BCUT2D eigenvalue weighted by Crippen LogP contribution is -2.16. The standard InChI is InChI=1S/C10H16O4/c1-4-6-8(3)10(12)14-13-9(11)7-5-2/h4,6,8H,5,7H2,1-3H3/b6-4+. The molecule has 0 fully saturated rings. The van der Waals surface area contributed by atoms with E-state index in [-0.39, 0.29) is 6.42 Å². The number of rotatable bonds is 4. The van der Waals surface area contributed by atoms with E-state index in [9.17, 15) is 9.59 Å². The van der Waals surface area contributed by atoms with Crippen molar-refractivity contribution in [2.24, 2.45) is 5.92 Å². The molecule has 80 valence electrons. The lowest BCUT2D eigenvalue weighted by molar-refractivity contribution is -0.260. The van der Waals surface area contributed by atoms with E-state index in [1.165, 1.54) is 0 Å². The van der Waals surface area contributed by atoms with Crippen molar-refractivity contribution in [2.75, 3.05) is 0 Å². The molecule has 0 aliphatic rings. The van der Waals surface area contributed by atoms with E-state index >= 15 is 0 Å². The Morgan fingerprint density at radius 3 is 2.50 bits per heavy atom. The molecule has 0 bridgehead atoms. The largest absolute Gasteiger partial charge is 0.362 e. The fourth-order valence-corrected chi connectivity index (χ4v) is 0.776. The molecule has 0 aromatic heterocycles. The monoisotopic (exact) mass is 200 g/mol. The first-order valence-corrected chi connectivity index (χ1v) is 4.65. The van der Waals surface area contributed by atoms with Crippen LogP contribution in [0.2, 0.25) is 0 Å². The van der Waals surface area contributed by atoms with Gasteiger partial charge in [0, 0.05) is 6.42 Å². The Labute approximate surface area is 83.8 Å². The van der Waals surface area contributed by atoms with Crippen molar-refractivity contribution in [3.05, 3.63) is 12.2 Å². The summed E-state index contributed by atoms with van der Waals surface area (Å²) in [4.78, 5) is 30.5. The number of carbonyl (C=O) groups excluding carboxylic acids is 2. The molecule has 1 unspecified atom stereocenters. The predicted octanol–water partition coefficient (Wildman–Crippen LogP) is 2.00. The maximum absolute atomic E-state index is 11.1. The number of hydrogen-bond acceptors (Lipinski definition) is 4. The highest BCUT2D eigenvalue weighted by atomic mass is 17.2. The molecule has 0 aromatic rings. The summed E-state index contributed by atoms with van der Waals surface area (Å²) in [6.07, 6.45) is 4.32. The molecule has 0 radical (unpaired) electrons. The van der Waals surface area contributed by atoms with Gasteiger partial charge in [-0.3, -0.25) is 0 Å². The Kier molecular flexibility index (Phi) is 6.45. The van der Waals surface area contributed by atoms with E-state index in [0.717, 1.165) is 0 Å². The van der Waals surface area contributed by atoms with Crippen molar-refractivity contribution >= 4 is 11.9 Å². The average molecular weight is 200 g/mol. The smallest absolute Gasteiger partial charge is 0.247 e. The van der Waals surface area contributed by atoms with Crippen LogP contribution < -0.4 is 0 Å². The van der Waals surface area contributed by atoms with Gasteiger partial charge in [-0.25, -0.2) is 19.4 Å². The fourth-order valence-electron chi connectivity index (χ4n) is 0.776. The fraction of sp³-hybridized carbons (Fsp3) is 0.600. The van der Waals surface area contributed by atoms with Crippen molar-refractivity contribution in [2.45, 2.75) is 33.6 Å². The zero-order valence-corrected chi connectivity index (χ0v) is 8.78. The zero-order chi connectivity index (χ0) is 11.0. The summed E-state index contributed by atoms with van der Waals surface area (Å²) in [5.74, 6) is -1.48. The topological polar surface area (TPSA) is 52.6 Å². The van der Waals surface area contributed by atoms with Crippen LogP contribution in [0.4, 0.5) is 0 Å². The Morgan fingerprint density at radius 2 is 2.00 bits per heavy atom. The minimum atomic E-state index is -0.562. The summed E-state index contributed by atoms with van der Waals surface area (Å²) < 4.78 is 0. The van der Waals surface area contributed by atoms with Gasteiger partial charge in [0.05, 0.1) is 5.92 Å². The second-order valence-electron chi connectivity index (χ2n) is 2.92. The zero-order valence-electron chi connectivity index (χ0n) is 8.78. The Bertz CT molecular complexity index is 220. The van der Waals surface area contributed by atoms with Crippen molar-refractivity contribution in [3.8, 4) is 0 Å². The molecule has 0 spiro atoms. The number of allylic oxidation sites excluding steroid dienone is 1. The number of hydrogen-bond donors (Lipinski definition) is 0. The van der Waals surface area contributed by atoms with Gasteiger partial charge >= 0.3 is 11.9 Å². The maximum Gasteiger partial charge on any atom is 0.362 e. The first-order valence-electron chi connectivity index (χ1n) is 4.65. The Balaban J connectivity index is 3.78. The van der Waals surface area contributed by atoms with Gasteiger partial charge in [-0.05, 0) is 20.3 Å². The Morgan fingerprint density at radius 1 is 1.36 bits per heavy atom. The molecule has 0 N–H and O–H groups in total. The molecule has 0 aliphatic carbocycles. The van der Waals surface area contributed by atoms with Crippen LogP contribution in [0.15, 0.2) is 12.2 Å². The highest BCUT2D eigenvalue weighted by Crippen LogP contribution is 2.02. The molecule has 0 aliphatic heterocycles. The minimum absolute atomic E-state index is 0.255. The van der Waals surface area contributed by atoms with Crippen molar-refractivity contribution in [1.29, 1.82) is 0 Å². The predicted molar refractivity (Wildman–Crippen MR) is 51.1 cm³/mol. The molecule has 4 heteroatoms. The van der Waals surface area contributed by atoms with Gasteiger partial charge in [-0.2, -0.15) is 0 Å². The molecule has 0 heterocycles. The van der Waals surface area contributed by atoms with Crippen LogP contribution >= 0.6 is 0 Å². The van der Waals surface area contributed by atoms with Gasteiger partial charge in [0.15, 0.2) is 0 Å². The SMILES string of the molecule is C/C=C/C(C)C(=O)OOC(=O)CCC. The van der Waals surface area contributed by atoms with E-state index in [1.54, 1.807) is 26.0 Å². The second-order valence-corrected chi connectivity index (χ2v) is 2.92.